The number of aromatic nitrogens is 2. The second kappa shape index (κ2) is 7.18. The summed E-state index contributed by atoms with van der Waals surface area (Å²) >= 11 is 0. The van der Waals surface area contributed by atoms with E-state index < -0.39 is 16.1 Å². The molecule has 0 fully saturated rings. The van der Waals surface area contributed by atoms with Gasteiger partial charge in [-0.1, -0.05) is 19.0 Å². The van der Waals surface area contributed by atoms with Crippen LogP contribution in [0, 0.1) is 0 Å². The summed E-state index contributed by atoms with van der Waals surface area (Å²) in [6, 6.07) is 3.85. The molecule has 0 spiro atoms. The molecular weight excluding hydrogens is 334 g/mol. The van der Waals surface area contributed by atoms with Gasteiger partial charge < -0.3 is 14.0 Å². The van der Waals surface area contributed by atoms with Crippen LogP contribution in [-0.4, -0.2) is 32.8 Å². The van der Waals surface area contributed by atoms with Crippen molar-refractivity contribution in [2.24, 2.45) is 0 Å². The molecule has 2 rings (SSSR count). The van der Waals surface area contributed by atoms with E-state index >= 15 is 0 Å². The van der Waals surface area contributed by atoms with Crippen molar-refractivity contribution >= 4 is 10.0 Å². The van der Waals surface area contributed by atoms with Crippen LogP contribution < -0.4 is 14.2 Å². The summed E-state index contributed by atoms with van der Waals surface area (Å²) in [5.74, 6) is 1.43. The van der Waals surface area contributed by atoms with E-state index in [-0.39, 0.29) is 22.5 Å². The van der Waals surface area contributed by atoms with Crippen LogP contribution in [0.25, 0.3) is 0 Å². The van der Waals surface area contributed by atoms with E-state index in [0.717, 1.165) is 0 Å². The van der Waals surface area contributed by atoms with Crippen molar-refractivity contribution in [3.63, 3.8) is 0 Å². The van der Waals surface area contributed by atoms with Gasteiger partial charge in [-0.25, -0.2) is 8.42 Å². The van der Waals surface area contributed by atoms with Crippen LogP contribution in [0.2, 0.25) is 0 Å². The van der Waals surface area contributed by atoms with E-state index in [1.807, 2.05) is 13.8 Å². The van der Waals surface area contributed by atoms with Crippen LogP contribution in [0.15, 0.2) is 27.6 Å². The molecule has 9 heteroatoms. The Morgan fingerprint density at radius 3 is 2.42 bits per heavy atom. The number of hydrogen-bond acceptors (Lipinski definition) is 7. The molecule has 1 heterocycles. The van der Waals surface area contributed by atoms with Crippen molar-refractivity contribution < 1.29 is 22.4 Å². The van der Waals surface area contributed by atoms with E-state index in [2.05, 4.69) is 14.9 Å². The third-order valence-corrected chi connectivity index (χ3v) is 4.90. The molecule has 24 heavy (non-hydrogen) atoms. The first kappa shape index (κ1) is 18.2. The Morgan fingerprint density at radius 1 is 1.17 bits per heavy atom. The zero-order valence-corrected chi connectivity index (χ0v) is 15.0. The van der Waals surface area contributed by atoms with Gasteiger partial charge in [-0.15, -0.1) is 0 Å². The van der Waals surface area contributed by atoms with Gasteiger partial charge >= 0.3 is 0 Å². The third kappa shape index (κ3) is 3.85. The maximum absolute atomic E-state index is 12.7. The quantitative estimate of drug-likeness (QED) is 0.812. The van der Waals surface area contributed by atoms with Crippen LogP contribution >= 0.6 is 0 Å². The molecule has 8 nitrogen and oxygen atoms in total. The first-order valence-corrected chi connectivity index (χ1v) is 8.84. The number of nitrogens with one attached hydrogen (secondary N) is 1. The predicted molar refractivity (Wildman–Crippen MR) is 86.7 cm³/mol. The van der Waals surface area contributed by atoms with E-state index in [4.69, 9.17) is 14.0 Å². The molecule has 1 aromatic heterocycles. The normalized spacial score (nSPS) is 13.1. The van der Waals surface area contributed by atoms with Gasteiger partial charge in [-0.2, -0.15) is 9.71 Å². The summed E-state index contributed by atoms with van der Waals surface area (Å²) in [7, 11) is -1.02. The van der Waals surface area contributed by atoms with E-state index in [9.17, 15) is 8.42 Å². The average molecular weight is 355 g/mol. The molecule has 2 aromatic rings. The highest BCUT2D eigenvalue weighted by Crippen LogP contribution is 2.29. The number of rotatable bonds is 7. The molecule has 0 unspecified atom stereocenters. The van der Waals surface area contributed by atoms with E-state index in [0.29, 0.717) is 11.6 Å². The van der Waals surface area contributed by atoms with Gasteiger partial charge in [0, 0.05) is 12.0 Å². The molecule has 1 aromatic carbocycles. The minimum Gasteiger partial charge on any atom is -0.497 e. The maximum Gasteiger partial charge on any atom is 0.245 e. The van der Waals surface area contributed by atoms with Crippen molar-refractivity contribution in [3.05, 3.63) is 29.9 Å². The highest BCUT2D eigenvalue weighted by Gasteiger charge is 2.26. The molecular formula is C15H21N3O5S. The molecule has 0 aliphatic rings. The van der Waals surface area contributed by atoms with Crippen LogP contribution in [0.1, 0.15) is 44.4 Å². The Labute approximate surface area is 141 Å². The smallest absolute Gasteiger partial charge is 0.245 e. The number of hydrogen-bond donors (Lipinski definition) is 1. The zero-order chi connectivity index (χ0) is 17.9. The van der Waals surface area contributed by atoms with Gasteiger partial charge in [0.2, 0.25) is 15.9 Å². The highest BCUT2D eigenvalue weighted by molar-refractivity contribution is 7.89. The molecule has 132 valence electrons. The zero-order valence-electron chi connectivity index (χ0n) is 14.2. The van der Waals surface area contributed by atoms with Gasteiger partial charge in [0.15, 0.2) is 5.82 Å². The van der Waals surface area contributed by atoms with E-state index in [1.165, 1.54) is 26.4 Å². The minimum atomic E-state index is -3.88. The van der Waals surface area contributed by atoms with Crippen molar-refractivity contribution in [1.29, 1.82) is 0 Å². The standard InChI is InChI=1S/C15H21N3O5S/c1-9(2)14-16-15(23-17-14)10(3)18-24(19,20)13-8-11(21-4)6-7-12(13)22-5/h6-10,18H,1-5H3/t10-/m0/s1. The Hall–Kier alpha value is -2.13. The van der Waals surface area contributed by atoms with Crippen molar-refractivity contribution in [2.75, 3.05) is 14.2 Å². The Kier molecular flexibility index (Phi) is 5.45. The Balaban J connectivity index is 2.30. The first-order chi connectivity index (χ1) is 11.3. The minimum absolute atomic E-state index is 0.0280. The lowest BCUT2D eigenvalue weighted by Gasteiger charge is -2.14. The van der Waals surface area contributed by atoms with Gasteiger partial charge in [-0.05, 0) is 19.1 Å². The number of nitrogens with zero attached hydrogens (tertiary/aromatic N) is 2. The topological polar surface area (TPSA) is 104 Å². The number of sulfonamides is 1. The lowest BCUT2D eigenvalue weighted by Crippen LogP contribution is -2.27. The monoisotopic (exact) mass is 355 g/mol. The first-order valence-electron chi connectivity index (χ1n) is 7.36. The molecule has 0 saturated carbocycles. The van der Waals surface area contributed by atoms with Gasteiger partial charge in [0.05, 0.1) is 20.3 Å². The number of benzene rings is 1. The largest absolute Gasteiger partial charge is 0.497 e. The summed E-state index contributed by atoms with van der Waals surface area (Å²) in [4.78, 5) is 4.18. The molecule has 0 bridgehead atoms. The molecule has 0 amide bonds. The Morgan fingerprint density at radius 2 is 1.88 bits per heavy atom. The second-order valence-corrected chi connectivity index (χ2v) is 7.19. The van der Waals surface area contributed by atoms with Crippen LogP contribution in [-0.2, 0) is 10.0 Å². The summed E-state index contributed by atoms with van der Waals surface area (Å²) < 4.78 is 43.2. The molecule has 0 saturated heterocycles. The fraction of sp³-hybridized carbons (Fsp3) is 0.467. The van der Waals surface area contributed by atoms with Crippen LogP contribution in [0.4, 0.5) is 0 Å². The molecule has 0 radical (unpaired) electrons. The summed E-state index contributed by atoms with van der Waals surface area (Å²) in [6.45, 7) is 5.47. The number of methoxy groups -OCH3 is 2. The molecule has 1 N–H and O–H groups in total. The maximum atomic E-state index is 12.7. The molecule has 0 aliphatic heterocycles. The van der Waals surface area contributed by atoms with Crippen LogP contribution in [0.3, 0.4) is 0 Å². The summed E-state index contributed by atoms with van der Waals surface area (Å²) in [6.07, 6.45) is 0. The number of ether oxygens (including phenoxy) is 2. The summed E-state index contributed by atoms with van der Waals surface area (Å²) in [5.41, 5.74) is 0. The predicted octanol–water partition coefficient (Wildman–Crippen LogP) is 2.25. The fourth-order valence-corrected chi connectivity index (χ4v) is 3.38. The average Bonchev–Trinajstić information content (AvgIpc) is 3.04. The molecule has 1 atom stereocenters. The lowest BCUT2D eigenvalue weighted by atomic mass is 10.2. The van der Waals surface area contributed by atoms with Crippen LogP contribution in [0.5, 0.6) is 11.5 Å². The van der Waals surface area contributed by atoms with Crippen molar-refractivity contribution in [2.45, 2.75) is 37.6 Å². The van der Waals surface area contributed by atoms with Gasteiger partial charge in [0.1, 0.15) is 16.4 Å². The third-order valence-electron chi connectivity index (χ3n) is 3.34. The fourth-order valence-electron chi connectivity index (χ4n) is 2.00. The second-order valence-electron chi connectivity index (χ2n) is 5.51. The van der Waals surface area contributed by atoms with Gasteiger partial charge in [0.25, 0.3) is 0 Å². The Bertz CT molecular complexity index is 801. The summed E-state index contributed by atoms with van der Waals surface area (Å²) in [5, 5.41) is 3.84. The van der Waals surface area contributed by atoms with Crippen molar-refractivity contribution in [1.82, 2.24) is 14.9 Å². The van der Waals surface area contributed by atoms with Gasteiger partial charge in [-0.3, -0.25) is 0 Å². The van der Waals surface area contributed by atoms with Crippen molar-refractivity contribution in [3.8, 4) is 11.5 Å². The highest BCUT2D eigenvalue weighted by atomic mass is 32.2. The lowest BCUT2D eigenvalue weighted by molar-refractivity contribution is 0.348. The SMILES string of the molecule is COc1ccc(OC)c(S(=O)(=O)N[C@@H](C)c2nc(C(C)C)no2)c1. The van der Waals surface area contributed by atoms with E-state index in [1.54, 1.807) is 13.0 Å². The molecule has 0 aliphatic carbocycles.